The largest absolute Gasteiger partial charge is 0.504 e. The van der Waals surface area contributed by atoms with E-state index in [1.165, 1.54) is 19.4 Å². The number of aromatic hydroxyl groups is 1. The van der Waals surface area contributed by atoms with Crippen LogP contribution in [0.2, 0.25) is 0 Å². The van der Waals surface area contributed by atoms with Gasteiger partial charge < -0.3 is 14.7 Å². The minimum absolute atomic E-state index is 0. The molecule has 0 bridgehead atoms. The Hall–Kier alpha value is -0.930. The van der Waals surface area contributed by atoms with E-state index in [1.807, 2.05) is 12.1 Å². The predicted molar refractivity (Wildman–Crippen MR) is 71.1 cm³/mol. The third kappa shape index (κ3) is 4.10. The van der Waals surface area contributed by atoms with Crippen LogP contribution in [0.1, 0.15) is 12.8 Å². The quantitative estimate of drug-likeness (QED) is 0.903. The number of ether oxygens (including phenoxy) is 1. The Morgan fingerprint density at radius 2 is 2.18 bits per heavy atom. The Bertz CT molecular complexity index is 346. The Morgan fingerprint density at radius 3 is 2.88 bits per heavy atom. The second kappa shape index (κ2) is 6.72. The number of phenolic OH excluding ortho intramolecular Hbond substituents is 1. The number of piperidine rings is 1. The Kier molecular flexibility index (Phi) is 5.59. The molecule has 1 N–H and O–H groups in total. The normalized spacial score (nSPS) is 20.6. The molecule has 1 aromatic rings. The van der Waals surface area contributed by atoms with Gasteiger partial charge in [0.1, 0.15) is 0 Å². The van der Waals surface area contributed by atoms with Gasteiger partial charge in [0.25, 0.3) is 0 Å². The van der Waals surface area contributed by atoms with Crippen LogP contribution in [0.25, 0.3) is 0 Å². The Morgan fingerprint density at radius 1 is 1.41 bits per heavy atom. The van der Waals surface area contributed by atoms with Gasteiger partial charge in [0.15, 0.2) is 11.5 Å². The van der Waals surface area contributed by atoms with Gasteiger partial charge in [-0.3, -0.25) is 0 Å². The van der Waals surface area contributed by atoms with Crippen LogP contribution in [0.15, 0.2) is 24.3 Å². The fourth-order valence-electron chi connectivity index (χ4n) is 2.20. The molecule has 1 unspecified atom stereocenters. The van der Waals surface area contributed by atoms with Gasteiger partial charge in [-0.15, -0.1) is 12.4 Å². The predicted octanol–water partition coefficient (Wildman–Crippen LogP) is 2.53. The van der Waals surface area contributed by atoms with Gasteiger partial charge in [0.2, 0.25) is 0 Å². The summed E-state index contributed by atoms with van der Waals surface area (Å²) in [6.07, 6.45) is 2.46. The number of rotatable bonds is 3. The van der Waals surface area contributed by atoms with Gasteiger partial charge in [-0.25, -0.2) is 0 Å². The number of benzene rings is 1. The van der Waals surface area contributed by atoms with E-state index in [0.29, 0.717) is 18.3 Å². The highest BCUT2D eigenvalue weighted by atomic mass is 35.5. The van der Waals surface area contributed by atoms with Crippen molar-refractivity contribution in [2.45, 2.75) is 12.8 Å². The van der Waals surface area contributed by atoms with Crippen molar-refractivity contribution in [3.05, 3.63) is 24.3 Å². The number of para-hydroxylation sites is 2. The van der Waals surface area contributed by atoms with Gasteiger partial charge >= 0.3 is 0 Å². The van der Waals surface area contributed by atoms with Crippen molar-refractivity contribution in [3.8, 4) is 11.5 Å². The summed E-state index contributed by atoms with van der Waals surface area (Å²) in [6.45, 7) is 2.97. The van der Waals surface area contributed by atoms with E-state index in [9.17, 15) is 5.11 Å². The molecule has 1 atom stereocenters. The highest BCUT2D eigenvalue weighted by Crippen LogP contribution is 2.25. The molecular formula is C13H20ClNO2. The maximum Gasteiger partial charge on any atom is 0.160 e. The zero-order valence-corrected chi connectivity index (χ0v) is 10.9. The smallest absolute Gasteiger partial charge is 0.160 e. The molecule has 1 fully saturated rings. The van der Waals surface area contributed by atoms with Crippen molar-refractivity contribution in [1.82, 2.24) is 4.90 Å². The Balaban J connectivity index is 0.00000144. The summed E-state index contributed by atoms with van der Waals surface area (Å²) in [5.41, 5.74) is 0. The van der Waals surface area contributed by atoms with Gasteiger partial charge in [0, 0.05) is 12.5 Å². The maximum absolute atomic E-state index is 9.56. The van der Waals surface area contributed by atoms with Gasteiger partial charge in [-0.1, -0.05) is 12.1 Å². The second-order valence-corrected chi connectivity index (χ2v) is 4.55. The molecule has 96 valence electrons. The minimum atomic E-state index is 0. The number of hydrogen-bond acceptors (Lipinski definition) is 3. The standard InChI is InChI=1S/C13H19NO2.ClH/c1-14-8-4-5-11(9-14)10-16-13-7-3-2-6-12(13)15;/h2-3,6-7,11,15H,4-5,8-10H2,1H3;1H. The summed E-state index contributed by atoms with van der Waals surface area (Å²) in [6, 6.07) is 7.14. The van der Waals surface area contributed by atoms with E-state index < -0.39 is 0 Å². The number of phenols is 1. The molecule has 1 aliphatic rings. The number of nitrogens with zero attached hydrogens (tertiary/aromatic N) is 1. The van der Waals surface area contributed by atoms with Crippen molar-refractivity contribution in [2.75, 3.05) is 26.7 Å². The van der Waals surface area contributed by atoms with Crippen LogP contribution in [-0.2, 0) is 0 Å². The minimum Gasteiger partial charge on any atom is -0.504 e. The van der Waals surface area contributed by atoms with Crippen molar-refractivity contribution in [3.63, 3.8) is 0 Å². The van der Waals surface area contributed by atoms with Crippen molar-refractivity contribution in [2.24, 2.45) is 5.92 Å². The molecular weight excluding hydrogens is 238 g/mol. The van der Waals surface area contributed by atoms with Crippen molar-refractivity contribution < 1.29 is 9.84 Å². The molecule has 0 aliphatic carbocycles. The van der Waals surface area contributed by atoms with Crippen LogP contribution in [0, 0.1) is 5.92 Å². The number of hydrogen-bond donors (Lipinski definition) is 1. The first-order valence-electron chi connectivity index (χ1n) is 5.85. The molecule has 0 aromatic heterocycles. The maximum atomic E-state index is 9.56. The number of halogens is 1. The molecule has 3 nitrogen and oxygen atoms in total. The van der Waals surface area contributed by atoms with E-state index in [0.717, 1.165) is 6.54 Å². The lowest BCUT2D eigenvalue weighted by Gasteiger charge is -2.29. The lowest BCUT2D eigenvalue weighted by Crippen LogP contribution is -2.34. The highest BCUT2D eigenvalue weighted by molar-refractivity contribution is 5.85. The lowest BCUT2D eigenvalue weighted by molar-refractivity contribution is 0.148. The lowest BCUT2D eigenvalue weighted by atomic mass is 10.00. The van der Waals surface area contributed by atoms with E-state index in [4.69, 9.17) is 4.74 Å². The fraction of sp³-hybridized carbons (Fsp3) is 0.538. The van der Waals surface area contributed by atoms with Gasteiger partial charge in [-0.05, 0) is 38.6 Å². The molecule has 17 heavy (non-hydrogen) atoms. The average molecular weight is 258 g/mol. The summed E-state index contributed by atoms with van der Waals surface area (Å²) < 4.78 is 5.65. The first-order chi connectivity index (χ1) is 7.75. The molecule has 0 amide bonds. The van der Waals surface area contributed by atoms with Gasteiger partial charge in [0.05, 0.1) is 6.61 Å². The molecule has 1 heterocycles. The van der Waals surface area contributed by atoms with Crippen LogP contribution in [0.4, 0.5) is 0 Å². The average Bonchev–Trinajstić information content (AvgIpc) is 2.28. The first-order valence-corrected chi connectivity index (χ1v) is 5.85. The molecule has 0 radical (unpaired) electrons. The molecule has 0 saturated carbocycles. The number of likely N-dealkylation sites (tertiary alicyclic amines) is 1. The topological polar surface area (TPSA) is 32.7 Å². The summed E-state index contributed by atoms with van der Waals surface area (Å²) in [5, 5.41) is 9.56. The molecule has 1 saturated heterocycles. The van der Waals surface area contributed by atoms with Crippen LogP contribution >= 0.6 is 12.4 Å². The van der Waals surface area contributed by atoms with Gasteiger partial charge in [-0.2, -0.15) is 0 Å². The monoisotopic (exact) mass is 257 g/mol. The van der Waals surface area contributed by atoms with Crippen molar-refractivity contribution >= 4 is 12.4 Å². The zero-order chi connectivity index (χ0) is 11.4. The Labute approximate surface area is 109 Å². The highest BCUT2D eigenvalue weighted by Gasteiger charge is 2.17. The molecule has 2 rings (SSSR count). The third-order valence-corrected chi connectivity index (χ3v) is 3.06. The zero-order valence-electron chi connectivity index (χ0n) is 10.1. The molecule has 1 aliphatic heterocycles. The molecule has 4 heteroatoms. The fourth-order valence-corrected chi connectivity index (χ4v) is 2.20. The summed E-state index contributed by atoms with van der Waals surface area (Å²) >= 11 is 0. The van der Waals surface area contributed by atoms with E-state index in [2.05, 4.69) is 11.9 Å². The van der Waals surface area contributed by atoms with Crippen LogP contribution in [0.3, 0.4) is 0 Å². The molecule has 0 spiro atoms. The van der Waals surface area contributed by atoms with E-state index in [1.54, 1.807) is 12.1 Å². The second-order valence-electron chi connectivity index (χ2n) is 4.55. The van der Waals surface area contributed by atoms with Crippen LogP contribution < -0.4 is 4.74 Å². The first kappa shape index (κ1) is 14.1. The van der Waals surface area contributed by atoms with Crippen LogP contribution in [-0.4, -0.2) is 36.8 Å². The summed E-state index contributed by atoms with van der Waals surface area (Å²) in [5.74, 6) is 1.40. The summed E-state index contributed by atoms with van der Waals surface area (Å²) in [4.78, 5) is 2.34. The molecule has 1 aromatic carbocycles. The van der Waals surface area contributed by atoms with Crippen LogP contribution in [0.5, 0.6) is 11.5 Å². The van der Waals surface area contributed by atoms with E-state index >= 15 is 0 Å². The van der Waals surface area contributed by atoms with E-state index in [-0.39, 0.29) is 18.2 Å². The summed E-state index contributed by atoms with van der Waals surface area (Å²) in [7, 11) is 2.14. The third-order valence-electron chi connectivity index (χ3n) is 3.06. The SMILES string of the molecule is CN1CCCC(COc2ccccc2O)C1.Cl. The van der Waals surface area contributed by atoms with Crippen molar-refractivity contribution in [1.29, 1.82) is 0 Å².